The van der Waals surface area contributed by atoms with Crippen LogP contribution in [-0.2, 0) is 10.2 Å². The van der Waals surface area contributed by atoms with E-state index in [1.54, 1.807) is 0 Å². The maximum absolute atomic E-state index is 13.1. The molecule has 0 bridgehead atoms. The number of amides is 1. The number of hydrogen-bond donors (Lipinski definition) is 2. The van der Waals surface area contributed by atoms with Crippen molar-refractivity contribution in [3.8, 4) is 0 Å². The van der Waals surface area contributed by atoms with Crippen LogP contribution in [0.2, 0.25) is 0 Å². The Kier molecular flexibility index (Phi) is 5.74. The van der Waals surface area contributed by atoms with Crippen molar-refractivity contribution in [3.05, 3.63) is 35.6 Å². The normalized spacial score (nSPS) is 16.9. The number of carbonyl (C=O) groups excluding carboxylic acids is 1. The molecule has 4 heteroatoms. The largest absolute Gasteiger partial charge is 0.355 e. The summed E-state index contributed by atoms with van der Waals surface area (Å²) in [5.74, 6) is -0.0957. The molecule has 2 N–H and O–H groups in total. The summed E-state index contributed by atoms with van der Waals surface area (Å²) < 4.78 is 13.1. The summed E-state index contributed by atoms with van der Waals surface area (Å²) in [4.78, 5) is 11.9. The molecule has 1 aliphatic rings. The quantitative estimate of drug-likeness (QED) is 0.759. The van der Waals surface area contributed by atoms with E-state index in [1.165, 1.54) is 25.0 Å². The number of nitrogens with one attached hydrogen (secondary N) is 2. The summed E-state index contributed by atoms with van der Waals surface area (Å²) >= 11 is 0. The number of rotatable bonds is 7. The van der Waals surface area contributed by atoms with Crippen molar-refractivity contribution in [2.24, 2.45) is 0 Å². The number of carbonyl (C=O) groups is 1. The summed E-state index contributed by atoms with van der Waals surface area (Å²) in [7, 11) is 1.89. The predicted octanol–water partition coefficient (Wildman–Crippen LogP) is 2.75. The summed E-state index contributed by atoms with van der Waals surface area (Å²) in [5, 5.41) is 6.12. The molecule has 1 saturated carbocycles. The molecular weight excluding hydrogens is 267 g/mol. The van der Waals surface area contributed by atoms with Crippen LogP contribution in [0.1, 0.15) is 44.1 Å². The Balaban J connectivity index is 1.96. The lowest BCUT2D eigenvalue weighted by molar-refractivity contribution is -0.121. The maximum atomic E-state index is 13.1. The molecule has 1 aromatic carbocycles. The molecule has 0 atom stereocenters. The van der Waals surface area contributed by atoms with E-state index < -0.39 is 0 Å². The van der Waals surface area contributed by atoms with Gasteiger partial charge in [-0.05, 0) is 50.6 Å². The van der Waals surface area contributed by atoms with Crippen LogP contribution in [0.5, 0.6) is 0 Å². The van der Waals surface area contributed by atoms with Crippen molar-refractivity contribution in [2.45, 2.75) is 43.9 Å². The highest BCUT2D eigenvalue weighted by Gasteiger charge is 2.35. The van der Waals surface area contributed by atoms with E-state index >= 15 is 0 Å². The molecule has 0 aliphatic heterocycles. The fraction of sp³-hybridized carbons (Fsp3) is 0.588. The zero-order valence-electron chi connectivity index (χ0n) is 12.8. The summed E-state index contributed by atoms with van der Waals surface area (Å²) in [6, 6.07) is 6.77. The minimum Gasteiger partial charge on any atom is -0.355 e. The van der Waals surface area contributed by atoms with Crippen molar-refractivity contribution < 1.29 is 9.18 Å². The first-order valence-electron chi connectivity index (χ1n) is 7.84. The van der Waals surface area contributed by atoms with E-state index in [0.717, 1.165) is 31.4 Å². The first-order chi connectivity index (χ1) is 10.2. The first-order valence-corrected chi connectivity index (χ1v) is 7.84. The number of halogens is 1. The average Bonchev–Trinajstić information content (AvgIpc) is 2.96. The fourth-order valence-electron chi connectivity index (χ4n) is 3.20. The molecule has 3 nitrogen and oxygen atoms in total. The zero-order chi connectivity index (χ0) is 15.1. The van der Waals surface area contributed by atoms with Crippen LogP contribution < -0.4 is 10.6 Å². The Hall–Kier alpha value is -1.42. The monoisotopic (exact) mass is 292 g/mol. The van der Waals surface area contributed by atoms with Crippen LogP contribution in [-0.4, -0.2) is 26.0 Å². The highest BCUT2D eigenvalue weighted by Crippen LogP contribution is 2.40. The molecule has 1 aromatic rings. The van der Waals surface area contributed by atoms with Gasteiger partial charge in [-0.3, -0.25) is 4.79 Å². The van der Waals surface area contributed by atoms with Gasteiger partial charge in [0.1, 0.15) is 5.82 Å². The topological polar surface area (TPSA) is 41.1 Å². The zero-order valence-corrected chi connectivity index (χ0v) is 12.8. The molecule has 116 valence electrons. The number of hydrogen-bond acceptors (Lipinski definition) is 2. The highest BCUT2D eigenvalue weighted by molar-refractivity contribution is 5.76. The van der Waals surface area contributed by atoms with Gasteiger partial charge in [0.25, 0.3) is 0 Å². The van der Waals surface area contributed by atoms with Crippen molar-refractivity contribution >= 4 is 5.91 Å². The van der Waals surface area contributed by atoms with Gasteiger partial charge in [-0.1, -0.05) is 25.0 Å². The van der Waals surface area contributed by atoms with Crippen LogP contribution in [0.25, 0.3) is 0 Å². The Morgan fingerprint density at radius 1 is 1.24 bits per heavy atom. The van der Waals surface area contributed by atoms with Gasteiger partial charge in [0.15, 0.2) is 0 Å². The molecule has 0 saturated heterocycles. The van der Waals surface area contributed by atoms with Gasteiger partial charge >= 0.3 is 0 Å². The van der Waals surface area contributed by atoms with Gasteiger partial charge < -0.3 is 10.6 Å². The van der Waals surface area contributed by atoms with E-state index in [0.29, 0.717) is 13.0 Å². The second kappa shape index (κ2) is 7.55. The second-order valence-corrected chi connectivity index (χ2v) is 5.98. The van der Waals surface area contributed by atoms with E-state index in [4.69, 9.17) is 0 Å². The van der Waals surface area contributed by atoms with E-state index in [1.807, 2.05) is 19.2 Å². The molecule has 0 spiro atoms. The standard InChI is InChI=1S/C17H25FN2O/c1-19-12-4-5-16(21)20-13-17(10-2-3-11-17)14-6-8-15(18)9-7-14/h6-9,19H,2-5,10-13H2,1H3,(H,20,21). The molecule has 0 radical (unpaired) electrons. The lowest BCUT2D eigenvalue weighted by Crippen LogP contribution is -2.39. The van der Waals surface area contributed by atoms with Gasteiger partial charge in [0.05, 0.1) is 0 Å². The van der Waals surface area contributed by atoms with Crippen LogP contribution in [0.3, 0.4) is 0 Å². The van der Waals surface area contributed by atoms with Gasteiger partial charge in [-0.2, -0.15) is 0 Å². The maximum Gasteiger partial charge on any atom is 0.220 e. The van der Waals surface area contributed by atoms with E-state index in [-0.39, 0.29) is 17.1 Å². The lowest BCUT2D eigenvalue weighted by Gasteiger charge is -2.30. The Bertz CT molecular complexity index is 452. The van der Waals surface area contributed by atoms with Gasteiger partial charge in [-0.25, -0.2) is 4.39 Å². The molecule has 0 heterocycles. The number of benzene rings is 1. The molecule has 0 unspecified atom stereocenters. The molecule has 2 rings (SSSR count). The van der Waals surface area contributed by atoms with E-state index in [9.17, 15) is 9.18 Å². The third kappa shape index (κ3) is 4.27. The predicted molar refractivity (Wildman–Crippen MR) is 82.7 cm³/mol. The van der Waals surface area contributed by atoms with Gasteiger partial charge in [-0.15, -0.1) is 0 Å². The molecule has 1 fully saturated rings. The SMILES string of the molecule is CNCCCC(=O)NCC1(c2ccc(F)cc2)CCCC1. The van der Waals surface area contributed by atoms with Gasteiger partial charge in [0, 0.05) is 18.4 Å². The lowest BCUT2D eigenvalue weighted by atomic mass is 9.79. The minimum atomic E-state index is -0.206. The minimum absolute atomic E-state index is 0.00757. The summed E-state index contributed by atoms with van der Waals surface area (Å²) in [6.45, 7) is 1.52. The van der Waals surface area contributed by atoms with Crippen LogP contribution in [0.15, 0.2) is 24.3 Å². The third-order valence-electron chi connectivity index (χ3n) is 4.47. The molecule has 1 aliphatic carbocycles. The molecular formula is C17H25FN2O. The van der Waals surface area contributed by atoms with Crippen LogP contribution in [0.4, 0.5) is 4.39 Å². The average molecular weight is 292 g/mol. The van der Waals surface area contributed by atoms with Gasteiger partial charge in [0.2, 0.25) is 5.91 Å². The molecule has 0 aromatic heterocycles. The Labute approximate surface area is 126 Å². The summed E-state index contributed by atoms with van der Waals surface area (Å²) in [6.07, 6.45) is 5.89. The third-order valence-corrected chi connectivity index (χ3v) is 4.47. The smallest absolute Gasteiger partial charge is 0.220 e. The van der Waals surface area contributed by atoms with Crippen molar-refractivity contribution in [3.63, 3.8) is 0 Å². The second-order valence-electron chi connectivity index (χ2n) is 5.98. The van der Waals surface area contributed by atoms with Crippen molar-refractivity contribution in [1.82, 2.24) is 10.6 Å². The van der Waals surface area contributed by atoms with E-state index in [2.05, 4.69) is 10.6 Å². The van der Waals surface area contributed by atoms with Crippen LogP contribution in [0, 0.1) is 5.82 Å². The molecule has 21 heavy (non-hydrogen) atoms. The first kappa shape index (κ1) is 16.0. The summed E-state index contributed by atoms with van der Waals surface area (Å²) in [5.41, 5.74) is 1.14. The van der Waals surface area contributed by atoms with Crippen molar-refractivity contribution in [2.75, 3.05) is 20.1 Å². The fourth-order valence-corrected chi connectivity index (χ4v) is 3.20. The molecule has 1 amide bonds. The Morgan fingerprint density at radius 2 is 1.90 bits per heavy atom. The van der Waals surface area contributed by atoms with Crippen LogP contribution >= 0.6 is 0 Å². The Morgan fingerprint density at radius 3 is 2.52 bits per heavy atom. The van der Waals surface area contributed by atoms with Crippen molar-refractivity contribution in [1.29, 1.82) is 0 Å². The highest BCUT2D eigenvalue weighted by atomic mass is 19.1.